The van der Waals surface area contributed by atoms with Gasteiger partial charge in [0.1, 0.15) is 11.3 Å². The van der Waals surface area contributed by atoms with Gasteiger partial charge in [0.25, 0.3) is 0 Å². The second-order valence-corrected chi connectivity index (χ2v) is 8.38. The maximum Gasteiger partial charge on any atom is 0.324 e. The van der Waals surface area contributed by atoms with Crippen molar-refractivity contribution in [3.63, 3.8) is 0 Å². The van der Waals surface area contributed by atoms with Gasteiger partial charge in [-0.2, -0.15) is 0 Å². The predicted octanol–water partition coefficient (Wildman–Crippen LogP) is 2.30. The van der Waals surface area contributed by atoms with Crippen molar-refractivity contribution in [1.29, 1.82) is 0 Å². The Hall–Kier alpha value is -3.19. The molecule has 2 amide bonds. The molecule has 0 saturated carbocycles. The molecule has 2 aliphatic rings. The minimum absolute atomic E-state index is 0.113. The van der Waals surface area contributed by atoms with Crippen molar-refractivity contribution in [3.8, 4) is 5.75 Å². The summed E-state index contributed by atoms with van der Waals surface area (Å²) >= 11 is 0. The monoisotopic (exact) mass is 408 g/mol. The number of hydrogen-bond donors (Lipinski definition) is 3. The molecular weight excluding hydrogens is 384 g/mol. The SMILES string of the molecule is Cc1cc(C2NC(C)(C(=O)O)C3C(=O)N(Cc4ccccc4)C(=O)C23)cc(C)c1O. The minimum atomic E-state index is -1.58. The number of carbonyl (C=O) groups is 3. The number of hydrogen-bond acceptors (Lipinski definition) is 5. The van der Waals surface area contributed by atoms with Crippen LogP contribution in [0.5, 0.6) is 5.75 Å². The van der Waals surface area contributed by atoms with Gasteiger partial charge >= 0.3 is 5.97 Å². The molecule has 0 bridgehead atoms. The molecule has 7 heteroatoms. The maximum absolute atomic E-state index is 13.4. The van der Waals surface area contributed by atoms with E-state index in [1.807, 2.05) is 30.3 Å². The summed E-state index contributed by atoms with van der Waals surface area (Å²) in [4.78, 5) is 39.9. The van der Waals surface area contributed by atoms with Gasteiger partial charge in [0, 0.05) is 6.04 Å². The number of nitrogens with zero attached hydrogens (tertiary/aromatic N) is 1. The minimum Gasteiger partial charge on any atom is -0.507 e. The number of phenolic OH excluding ortho intramolecular Hbond substituents is 1. The highest BCUT2D eigenvalue weighted by Gasteiger charge is 2.66. The molecule has 7 nitrogen and oxygen atoms in total. The highest BCUT2D eigenvalue weighted by molar-refractivity contribution is 6.09. The number of fused-ring (bicyclic) bond motifs is 1. The zero-order chi connectivity index (χ0) is 21.8. The summed E-state index contributed by atoms with van der Waals surface area (Å²) < 4.78 is 0. The van der Waals surface area contributed by atoms with Crippen molar-refractivity contribution in [1.82, 2.24) is 10.2 Å². The van der Waals surface area contributed by atoms with Crippen LogP contribution in [0.25, 0.3) is 0 Å². The number of imide groups is 1. The van der Waals surface area contributed by atoms with Gasteiger partial charge in [-0.3, -0.25) is 24.6 Å². The molecule has 2 saturated heterocycles. The molecule has 0 spiro atoms. The lowest BCUT2D eigenvalue weighted by atomic mass is 9.80. The number of nitrogens with one attached hydrogen (secondary N) is 1. The summed E-state index contributed by atoms with van der Waals surface area (Å²) in [5.74, 6) is -3.69. The first-order valence-corrected chi connectivity index (χ1v) is 9.85. The number of aliphatic carboxylic acids is 1. The molecule has 2 aromatic rings. The number of carboxylic acids is 1. The van der Waals surface area contributed by atoms with E-state index in [2.05, 4.69) is 5.32 Å². The Morgan fingerprint density at radius 3 is 2.27 bits per heavy atom. The lowest BCUT2D eigenvalue weighted by Gasteiger charge is -2.27. The number of aryl methyl sites for hydroxylation is 2. The van der Waals surface area contributed by atoms with E-state index < -0.39 is 35.3 Å². The number of benzene rings is 2. The molecule has 2 fully saturated rings. The standard InChI is InChI=1S/C23H24N2O5/c1-12-9-15(10-13(2)19(12)26)18-16-17(23(3,24-18)22(29)30)21(28)25(20(16)27)11-14-7-5-4-6-8-14/h4-10,16-18,24,26H,11H2,1-3H3,(H,29,30). The van der Waals surface area contributed by atoms with E-state index in [0.717, 1.165) is 5.56 Å². The van der Waals surface area contributed by atoms with E-state index in [9.17, 15) is 24.6 Å². The molecule has 0 radical (unpaired) electrons. The largest absolute Gasteiger partial charge is 0.507 e. The van der Waals surface area contributed by atoms with Crippen LogP contribution in [0.2, 0.25) is 0 Å². The first kappa shape index (κ1) is 20.1. The molecule has 156 valence electrons. The summed E-state index contributed by atoms with van der Waals surface area (Å²) in [5, 5.41) is 23.1. The van der Waals surface area contributed by atoms with Gasteiger partial charge in [-0.1, -0.05) is 42.5 Å². The summed E-state index contributed by atoms with van der Waals surface area (Å²) in [6, 6.07) is 12.0. The molecule has 2 aromatic carbocycles. The van der Waals surface area contributed by atoms with E-state index in [1.165, 1.54) is 11.8 Å². The Labute approximate surface area is 174 Å². The quantitative estimate of drug-likeness (QED) is 0.670. The summed E-state index contributed by atoms with van der Waals surface area (Å²) in [6.45, 7) is 5.07. The van der Waals surface area contributed by atoms with Crippen molar-refractivity contribution in [2.24, 2.45) is 11.8 Å². The molecule has 3 N–H and O–H groups in total. The van der Waals surface area contributed by atoms with Crippen LogP contribution in [0.4, 0.5) is 0 Å². The van der Waals surface area contributed by atoms with Gasteiger partial charge in [0.15, 0.2) is 0 Å². The highest BCUT2D eigenvalue weighted by Crippen LogP contribution is 2.49. The molecule has 0 aliphatic carbocycles. The van der Waals surface area contributed by atoms with Crippen LogP contribution in [0.15, 0.2) is 42.5 Å². The van der Waals surface area contributed by atoms with Gasteiger partial charge in [-0.25, -0.2) is 0 Å². The molecule has 2 aliphatic heterocycles. The van der Waals surface area contributed by atoms with Crippen LogP contribution in [0.1, 0.15) is 35.2 Å². The highest BCUT2D eigenvalue weighted by atomic mass is 16.4. The number of phenols is 1. The molecule has 4 rings (SSSR count). The third-order valence-electron chi connectivity index (χ3n) is 6.38. The number of rotatable bonds is 4. The fourth-order valence-electron chi connectivity index (χ4n) is 4.77. The van der Waals surface area contributed by atoms with Gasteiger partial charge in [-0.15, -0.1) is 0 Å². The van der Waals surface area contributed by atoms with Gasteiger partial charge in [0.05, 0.1) is 18.4 Å². The third-order valence-corrected chi connectivity index (χ3v) is 6.38. The Balaban J connectivity index is 1.77. The Morgan fingerprint density at radius 1 is 1.10 bits per heavy atom. The van der Waals surface area contributed by atoms with E-state index in [1.54, 1.807) is 26.0 Å². The van der Waals surface area contributed by atoms with Crippen LogP contribution >= 0.6 is 0 Å². The average molecular weight is 408 g/mol. The van der Waals surface area contributed by atoms with Crippen molar-refractivity contribution >= 4 is 17.8 Å². The number of likely N-dealkylation sites (tertiary alicyclic amines) is 1. The maximum atomic E-state index is 13.4. The first-order chi connectivity index (χ1) is 14.1. The van der Waals surface area contributed by atoms with E-state index >= 15 is 0 Å². The van der Waals surface area contributed by atoms with Crippen LogP contribution in [0.3, 0.4) is 0 Å². The molecule has 2 heterocycles. The molecule has 0 aromatic heterocycles. The topological polar surface area (TPSA) is 107 Å². The van der Waals surface area contributed by atoms with Crippen molar-refractivity contribution in [2.45, 2.75) is 38.9 Å². The van der Waals surface area contributed by atoms with Crippen molar-refractivity contribution in [3.05, 3.63) is 64.7 Å². The molecule has 4 unspecified atom stereocenters. The fourth-order valence-corrected chi connectivity index (χ4v) is 4.77. The number of amides is 2. The summed E-state index contributed by atoms with van der Waals surface area (Å²) in [5.41, 5.74) is 1.17. The normalized spacial score (nSPS) is 28.1. The Kier molecular flexibility index (Phi) is 4.66. The average Bonchev–Trinajstić information content (AvgIpc) is 3.16. The summed E-state index contributed by atoms with van der Waals surface area (Å²) in [7, 11) is 0. The van der Waals surface area contributed by atoms with Crippen LogP contribution in [-0.2, 0) is 20.9 Å². The van der Waals surface area contributed by atoms with E-state index in [-0.39, 0.29) is 18.2 Å². The van der Waals surface area contributed by atoms with Crippen LogP contribution in [-0.4, -0.2) is 38.4 Å². The third kappa shape index (κ3) is 2.89. The summed E-state index contributed by atoms with van der Waals surface area (Å²) in [6.07, 6.45) is 0. The van der Waals surface area contributed by atoms with Gasteiger partial charge < -0.3 is 10.2 Å². The van der Waals surface area contributed by atoms with Crippen molar-refractivity contribution in [2.75, 3.05) is 0 Å². The zero-order valence-electron chi connectivity index (χ0n) is 17.0. The molecular formula is C23H24N2O5. The van der Waals surface area contributed by atoms with Crippen molar-refractivity contribution < 1.29 is 24.6 Å². The van der Waals surface area contributed by atoms with Gasteiger partial charge in [0.2, 0.25) is 11.8 Å². The second-order valence-electron chi connectivity index (χ2n) is 8.38. The lowest BCUT2D eigenvalue weighted by molar-refractivity contribution is -0.150. The fraction of sp³-hybridized carbons (Fsp3) is 0.348. The molecule has 4 atom stereocenters. The number of aromatic hydroxyl groups is 1. The van der Waals surface area contributed by atoms with E-state index in [0.29, 0.717) is 16.7 Å². The van der Waals surface area contributed by atoms with E-state index in [4.69, 9.17) is 0 Å². The Bertz CT molecular complexity index is 1030. The number of carboxylic acid groups (broad SMARTS) is 1. The Morgan fingerprint density at radius 2 is 1.70 bits per heavy atom. The van der Waals surface area contributed by atoms with Crippen LogP contribution < -0.4 is 5.32 Å². The zero-order valence-corrected chi connectivity index (χ0v) is 17.0. The lowest BCUT2D eigenvalue weighted by Crippen LogP contribution is -2.53. The molecule has 30 heavy (non-hydrogen) atoms. The van der Waals surface area contributed by atoms with Gasteiger partial charge in [-0.05, 0) is 43.0 Å². The smallest absolute Gasteiger partial charge is 0.324 e. The number of carbonyl (C=O) groups excluding carboxylic acids is 2. The predicted molar refractivity (Wildman–Crippen MR) is 108 cm³/mol. The first-order valence-electron chi connectivity index (χ1n) is 9.85. The van der Waals surface area contributed by atoms with Crippen LogP contribution in [0, 0.1) is 25.7 Å². The second kappa shape index (κ2) is 6.95.